The molecular weight excluding hydrogens is 404 g/mol. The molecule has 2 N–H and O–H groups in total. The van der Waals surface area contributed by atoms with Crippen LogP contribution in [0.15, 0.2) is 23.1 Å². The Hall–Kier alpha value is -2.59. The van der Waals surface area contributed by atoms with Crippen molar-refractivity contribution in [2.75, 3.05) is 18.4 Å². The van der Waals surface area contributed by atoms with Crippen molar-refractivity contribution in [3.8, 4) is 0 Å². The number of carbonyl (C=O) groups excluding carboxylic acids is 1. The van der Waals surface area contributed by atoms with E-state index in [-0.39, 0.29) is 22.7 Å². The van der Waals surface area contributed by atoms with Crippen LogP contribution in [0.5, 0.6) is 0 Å². The molecule has 1 amide bonds. The normalized spacial score (nSPS) is 18.9. The highest BCUT2D eigenvalue weighted by Gasteiger charge is 2.28. The molecule has 3 heterocycles. The Morgan fingerprint density at radius 1 is 1.07 bits per heavy atom. The van der Waals surface area contributed by atoms with Crippen LogP contribution in [0.2, 0.25) is 0 Å². The van der Waals surface area contributed by atoms with E-state index in [1.54, 1.807) is 18.2 Å². The molecule has 1 saturated carbocycles. The fourth-order valence-electron chi connectivity index (χ4n) is 4.42. The van der Waals surface area contributed by atoms with Gasteiger partial charge in [-0.2, -0.15) is 9.29 Å². The fraction of sp³-hybridized carbons (Fsp3) is 0.500. The Balaban J connectivity index is 1.45. The van der Waals surface area contributed by atoms with E-state index in [1.165, 1.54) is 10.7 Å². The Bertz CT molecular complexity index is 1210. The lowest BCUT2D eigenvalue weighted by atomic mass is 9.89. The zero-order valence-corrected chi connectivity index (χ0v) is 17.4. The predicted octanol–water partition coefficient (Wildman–Crippen LogP) is 2.81. The van der Waals surface area contributed by atoms with Crippen molar-refractivity contribution in [2.45, 2.75) is 49.8 Å². The summed E-state index contributed by atoms with van der Waals surface area (Å²) >= 11 is 0. The monoisotopic (exact) mass is 428 g/mol. The summed E-state index contributed by atoms with van der Waals surface area (Å²) < 4.78 is 27.3. The van der Waals surface area contributed by atoms with Gasteiger partial charge in [-0.05, 0) is 43.9 Å². The third kappa shape index (κ3) is 3.43. The molecule has 3 aromatic rings. The van der Waals surface area contributed by atoms with Gasteiger partial charge in [-0.15, -0.1) is 10.2 Å². The van der Waals surface area contributed by atoms with Gasteiger partial charge in [0.1, 0.15) is 5.52 Å². The molecule has 10 heteroatoms. The van der Waals surface area contributed by atoms with Crippen LogP contribution in [0.25, 0.3) is 22.1 Å². The SMILES string of the molecule is O=C(Nc1nnc2c(n1)[nH]c1ccc(S(=O)(=O)N3CCCC3)cc12)C1CCCCC1. The zero-order chi connectivity index (χ0) is 20.7. The van der Waals surface area contributed by atoms with E-state index in [0.717, 1.165) is 44.0 Å². The van der Waals surface area contributed by atoms with Gasteiger partial charge in [-0.1, -0.05) is 19.3 Å². The number of nitrogens with one attached hydrogen (secondary N) is 2. The van der Waals surface area contributed by atoms with Gasteiger partial charge in [0.15, 0.2) is 5.65 Å². The van der Waals surface area contributed by atoms with Crippen LogP contribution >= 0.6 is 0 Å². The van der Waals surface area contributed by atoms with Crippen molar-refractivity contribution in [1.82, 2.24) is 24.5 Å². The summed E-state index contributed by atoms with van der Waals surface area (Å²) in [5.41, 5.74) is 1.68. The smallest absolute Gasteiger partial charge is 0.251 e. The Morgan fingerprint density at radius 3 is 2.60 bits per heavy atom. The van der Waals surface area contributed by atoms with Crippen molar-refractivity contribution in [3.05, 3.63) is 18.2 Å². The van der Waals surface area contributed by atoms with Gasteiger partial charge < -0.3 is 4.98 Å². The maximum Gasteiger partial charge on any atom is 0.251 e. The Kier molecular flexibility index (Phi) is 4.90. The van der Waals surface area contributed by atoms with Crippen LogP contribution in [0.3, 0.4) is 0 Å². The van der Waals surface area contributed by atoms with Crippen LogP contribution in [0.4, 0.5) is 5.95 Å². The molecular formula is C20H24N6O3S. The molecule has 2 aliphatic rings. The third-order valence-corrected chi connectivity index (χ3v) is 7.99. The quantitative estimate of drug-likeness (QED) is 0.659. The first-order valence-electron chi connectivity index (χ1n) is 10.5. The standard InChI is InChI=1S/C20H24N6O3S/c27-19(13-6-2-1-3-7-13)23-20-22-18-17(24-25-20)15-12-14(8-9-16(15)21-18)30(28,29)26-10-4-5-11-26/h8-9,12-13H,1-7,10-11H2,(H2,21,22,23,25,27). The first-order chi connectivity index (χ1) is 14.5. The highest BCUT2D eigenvalue weighted by Crippen LogP contribution is 2.29. The lowest BCUT2D eigenvalue weighted by Gasteiger charge is -2.19. The van der Waals surface area contributed by atoms with Crippen molar-refractivity contribution < 1.29 is 13.2 Å². The molecule has 1 saturated heterocycles. The first kappa shape index (κ1) is 19.4. The largest absolute Gasteiger partial charge is 0.338 e. The number of anilines is 1. The minimum Gasteiger partial charge on any atom is -0.338 e. The van der Waals surface area contributed by atoms with Crippen LogP contribution in [-0.4, -0.2) is 51.9 Å². The molecule has 1 aliphatic heterocycles. The number of nitrogens with zero attached hydrogens (tertiary/aromatic N) is 4. The average molecular weight is 429 g/mol. The number of rotatable bonds is 4. The third-order valence-electron chi connectivity index (χ3n) is 6.10. The molecule has 1 aromatic carbocycles. The van der Waals surface area contributed by atoms with Crippen LogP contribution in [0, 0.1) is 5.92 Å². The summed E-state index contributed by atoms with van der Waals surface area (Å²) in [6.45, 7) is 1.11. The summed E-state index contributed by atoms with van der Waals surface area (Å²) in [6, 6.07) is 4.95. The van der Waals surface area contributed by atoms with E-state index in [4.69, 9.17) is 0 Å². The molecule has 0 bridgehead atoms. The minimum atomic E-state index is -3.52. The second-order valence-corrected chi connectivity index (χ2v) is 10.0. The second-order valence-electron chi connectivity index (χ2n) is 8.10. The van der Waals surface area contributed by atoms with Crippen LogP contribution < -0.4 is 5.32 Å². The number of H-pyrrole nitrogens is 1. The van der Waals surface area contributed by atoms with E-state index in [1.807, 2.05) is 0 Å². The summed E-state index contributed by atoms with van der Waals surface area (Å²) in [4.78, 5) is 20.2. The average Bonchev–Trinajstić information content (AvgIpc) is 3.42. The van der Waals surface area contributed by atoms with Gasteiger partial charge >= 0.3 is 0 Å². The van der Waals surface area contributed by atoms with Gasteiger partial charge in [-0.25, -0.2) is 8.42 Å². The maximum absolute atomic E-state index is 12.9. The second kappa shape index (κ2) is 7.59. The van der Waals surface area contributed by atoms with Gasteiger partial charge in [0, 0.05) is 29.9 Å². The molecule has 30 heavy (non-hydrogen) atoms. The molecule has 5 rings (SSSR count). The summed E-state index contributed by atoms with van der Waals surface area (Å²) in [5.74, 6) is 0.0969. The molecule has 158 valence electrons. The van der Waals surface area contributed by atoms with Gasteiger partial charge in [-0.3, -0.25) is 10.1 Å². The van der Waals surface area contributed by atoms with Crippen molar-refractivity contribution >= 4 is 43.9 Å². The molecule has 0 spiro atoms. The topological polar surface area (TPSA) is 121 Å². The van der Waals surface area contributed by atoms with Crippen molar-refractivity contribution in [3.63, 3.8) is 0 Å². The van der Waals surface area contributed by atoms with E-state index in [0.29, 0.717) is 29.6 Å². The number of sulfonamides is 1. The lowest BCUT2D eigenvalue weighted by molar-refractivity contribution is -0.120. The summed E-state index contributed by atoms with van der Waals surface area (Å²) in [6.07, 6.45) is 6.88. The first-order valence-corrected chi connectivity index (χ1v) is 11.9. The van der Waals surface area contributed by atoms with E-state index >= 15 is 0 Å². The molecule has 0 unspecified atom stereocenters. The highest BCUT2D eigenvalue weighted by atomic mass is 32.2. The van der Waals surface area contributed by atoms with Crippen molar-refractivity contribution in [2.24, 2.45) is 5.92 Å². The van der Waals surface area contributed by atoms with E-state index in [2.05, 4.69) is 25.5 Å². The van der Waals surface area contributed by atoms with Crippen molar-refractivity contribution in [1.29, 1.82) is 0 Å². The Labute approximate surface area is 174 Å². The molecule has 9 nitrogen and oxygen atoms in total. The summed E-state index contributed by atoms with van der Waals surface area (Å²) in [5, 5.41) is 11.7. The molecule has 0 radical (unpaired) electrons. The van der Waals surface area contributed by atoms with Gasteiger partial charge in [0.05, 0.1) is 4.90 Å². The number of hydrogen-bond donors (Lipinski definition) is 2. The number of aromatic nitrogens is 4. The highest BCUT2D eigenvalue weighted by molar-refractivity contribution is 7.89. The summed E-state index contributed by atoms with van der Waals surface area (Å²) in [7, 11) is -3.52. The molecule has 0 atom stereocenters. The Morgan fingerprint density at radius 2 is 1.83 bits per heavy atom. The van der Waals surface area contributed by atoms with Gasteiger partial charge in [0.2, 0.25) is 15.9 Å². The molecule has 2 fully saturated rings. The molecule has 2 aromatic heterocycles. The number of benzene rings is 1. The minimum absolute atomic E-state index is 0.000821. The number of carbonyl (C=O) groups is 1. The van der Waals surface area contributed by atoms with E-state index < -0.39 is 10.0 Å². The number of hydrogen-bond acceptors (Lipinski definition) is 6. The zero-order valence-electron chi connectivity index (χ0n) is 16.6. The predicted molar refractivity (Wildman–Crippen MR) is 112 cm³/mol. The number of fused-ring (bicyclic) bond motifs is 3. The molecule has 1 aliphatic carbocycles. The number of aromatic amines is 1. The fourth-order valence-corrected chi connectivity index (χ4v) is 5.96. The maximum atomic E-state index is 12.9. The van der Waals surface area contributed by atoms with Gasteiger partial charge in [0.25, 0.3) is 5.95 Å². The van der Waals surface area contributed by atoms with E-state index in [9.17, 15) is 13.2 Å². The van der Waals surface area contributed by atoms with Crippen LogP contribution in [0.1, 0.15) is 44.9 Å². The number of amides is 1. The lowest BCUT2D eigenvalue weighted by Crippen LogP contribution is -2.27. The van der Waals surface area contributed by atoms with Crippen LogP contribution in [-0.2, 0) is 14.8 Å².